The van der Waals surface area contributed by atoms with Crippen LogP contribution >= 0.6 is 23.2 Å². The number of carbonyl (C=O) groups excluding carboxylic acids is 2. The fourth-order valence-electron chi connectivity index (χ4n) is 3.82. The molecule has 0 aliphatic rings. The average Bonchev–Trinajstić information content (AvgIpc) is 3.13. The monoisotopic (exact) mass is 547 g/mol. The summed E-state index contributed by atoms with van der Waals surface area (Å²) in [7, 11) is 1.76. The maximum Gasteiger partial charge on any atom is 0.344 e. The summed E-state index contributed by atoms with van der Waals surface area (Å²) in [5, 5.41) is 16.6. The maximum absolute atomic E-state index is 12.8. The fraction of sp³-hybridized carbons (Fsp3) is 0.308. The van der Waals surface area contributed by atoms with Gasteiger partial charge in [-0.05, 0) is 43.2 Å². The molecule has 0 aliphatic heterocycles. The highest BCUT2D eigenvalue weighted by Crippen LogP contribution is 2.29. The summed E-state index contributed by atoms with van der Waals surface area (Å²) in [5.74, 6) is -2.01. The number of hydrogen-bond donors (Lipinski definition) is 2. The number of anilines is 1. The summed E-state index contributed by atoms with van der Waals surface area (Å²) in [6.45, 7) is 3.83. The number of ether oxygens (including phenoxy) is 2. The number of esters is 1. The van der Waals surface area contributed by atoms with Crippen molar-refractivity contribution in [2.24, 2.45) is 7.05 Å². The van der Waals surface area contributed by atoms with Gasteiger partial charge in [0.25, 0.3) is 5.91 Å². The van der Waals surface area contributed by atoms with Crippen LogP contribution in [-0.2, 0) is 29.4 Å². The third kappa shape index (κ3) is 6.81. The molecule has 0 aliphatic carbocycles. The van der Waals surface area contributed by atoms with Crippen molar-refractivity contribution < 1.29 is 29.0 Å². The molecule has 9 nitrogen and oxygen atoms in total. The third-order valence-corrected chi connectivity index (χ3v) is 6.06. The Labute approximate surface area is 224 Å². The van der Waals surface area contributed by atoms with E-state index in [0.717, 1.165) is 29.7 Å². The Kier molecular flexibility index (Phi) is 9.54. The highest BCUT2D eigenvalue weighted by atomic mass is 35.5. The number of aryl methyl sites for hydroxylation is 2. The lowest BCUT2D eigenvalue weighted by Crippen LogP contribution is -2.17. The second-order valence-corrected chi connectivity index (χ2v) is 8.92. The van der Waals surface area contributed by atoms with Crippen molar-refractivity contribution in [2.45, 2.75) is 33.1 Å². The van der Waals surface area contributed by atoms with E-state index in [0.29, 0.717) is 18.0 Å². The van der Waals surface area contributed by atoms with Crippen LogP contribution in [0.25, 0.3) is 0 Å². The predicted octanol–water partition coefficient (Wildman–Crippen LogP) is 5.16. The number of aromatic nitrogens is 2. The molecule has 37 heavy (non-hydrogen) atoms. The van der Waals surface area contributed by atoms with Gasteiger partial charge in [0, 0.05) is 24.7 Å². The van der Waals surface area contributed by atoms with Crippen molar-refractivity contribution in [3.8, 4) is 5.88 Å². The number of hydrogen-bond acceptors (Lipinski definition) is 6. The molecule has 1 heterocycles. The molecule has 0 saturated carbocycles. The first-order valence-electron chi connectivity index (χ1n) is 11.6. The number of benzene rings is 2. The molecule has 3 aromatic rings. The van der Waals surface area contributed by atoms with Crippen molar-refractivity contribution >= 4 is 46.7 Å². The van der Waals surface area contributed by atoms with Crippen molar-refractivity contribution in [3.05, 3.63) is 74.4 Å². The molecule has 1 aromatic heterocycles. The molecule has 2 N–H and O–H groups in total. The smallest absolute Gasteiger partial charge is 0.344 e. The van der Waals surface area contributed by atoms with Gasteiger partial charge >= 0.3 is 11.9 Å². The van der Waals surface area contributed by atoms with Crippen LogP contribution < -0.4 is 10.1 Å². The molecule has 196 valence electrons. The minimum absolute atomic E-state index is 0.0219. The molecule has 0 spiro atoms. The topological polar surface area (TPSA) is 120 Å². The van der Waals surface area contributed by atoms with Gasteiger partial charge in [0.2, 0.25) is 5.88 Å². The lowest BCUT2D eigenvalue weighted by Gasteiger charge is -2.12. The molecular weight excluding hydrogens is 521 g/mol. The third-order valence-electron chi connectivity index (χ3n) is 5.43. The number of halogens is 2. The van der Waals surface area contributed by atoms with E-state index in [1.807, 2.05) is 12.1 Å². The summed E-state index contributed by atoms with van der Waals surface area (Å²) < 4.78 is 12.3. The molecule has 0 unspecified atom stereocenters. The first-order chi connectivity index (χ1) is 17.7. The molecule has 0 atom stereocenters. The first kappa shape index (κ1) is 28.0. The zero-order valence-electron chi connectivity index (χ0n) is 20.6. The minimum atomic E-state index is -1.35. The second kappa shape index (κ2) is 12.6. The Balaban J connectivity index is 1.80. The highest BCUT2D eigenvalue weighted by molar-refractivity contribution is 6.39. The SMILES string of the molecule is CCCc1nn(C)c(OCC(=O)OCC)c1Cc1ccc(NC(=O)c2c(Cl)ccc(Cl)c2C(=O)O)cc1. The zero-order valence-corrected chi connectivity index (χ0v) is 22.2. The van der Waals surface area contributed by atoms with Gasteiger partial charge in [0.05, 0.1) is 33.5 Å². The Bertz CT molecular complexity index is 1300. The number of nitrogens with zero attached hydrogens (tertiary/aromatic N) is 2. The van der Waals surface area contributed by atoms with E-state index in [-0.39, 0.29) is 34.4 Å². The number of nitrogens with one attached hydrogen (secondary N) is 1. The number of aromatic carboxylic acids is 1. The minimum Gasteiger partial charge on any atom is -0.478 e. The molecule has 3 rings (SSSR count). The van der Waals surface area contributed by atoms with E-state index < -0.39 is 17.8 Å². The number of amides is 1. The van der Waals surface area contributed by atoms with Gasteiger partial charge in [0.15, 0.2) is 6.61 Å². The molecule has 0 saturated heterocycles. The zero-order chi connectivity index (χ0) is 27.1. The summed E-state index contributed by atoms with van der Waals surface area (Å²) in [6.07, 6.45) is 2.11. The molecule has 0 fully saturated rings. The summed E-state index contributed by atoms with van der Waals surface area (Å²) >= 11 is 12.1. The number of carboxylic acid groups (broad SMARTS) is 1. The summed E-state index contributed by atoms with van der Waals surface area (Å²) in [5.41, 5.74) is 2.52. The standard InChI is InChI=1S/C26H27Cl2N3O6/c1-4-6-20-17(25(31(3)30-20)37-14-21(32)36-5-2)13-15-7-9-16(10-8-15)29-24(33)22-18(27)11-12-19(28)23(22)26(34)35/h7-12H,4-6,13-14H2,1-3H3,(H,29,33)(H,34,35). The van der Waals surface area contributed by atoms with Gasteiger partial charge in [-0.3, -0.25) is 4.79 Å². The highest BCUT2D eigenvalue weighted by Gasteiger charge is 2.24. The van der Waals surface area contributed by atoms with Crippen LogP contribution in [-0.4, -0.2) is 45.9 Å². The molecule has 11 heteroatoms. The van der Waals surface area contributed by atoms with Gasteiger partial charge in [-0.2, -0.15) is 5.10 Å². The molecular formula is C26H27Cl2N3O6. The van der Waals surface area contributed by atoms with Crippen LogP contribution in [0.15, 0.2) is 36.4 Å². The molecule has 0 radical (unpaired) electrons. The van der Waals surface area contributed by atoms with Gasteiger partial charge in [0.1, 0.15) is 0 Å². The quantitative estimate of drug-likeness (QED) is 0.318. The molecule has 0 bridgehead atoms. The van der Waals surface area contributed by atoms with Gasteiger partial charge in [-0.25, -0.2) is 14.3 Å². The van der Waals surface area contributed by atoms with E-state index in [1.54, 1.807) is 30.8 Å². The van der Waals surface area contributed by atoms with Gasteiger partial charge < -0.3 is 19.9 Å². The van der Waals surface area contributed by atoms with E-state index >= 15 is 0 Å². The molecule has 1 amide bonds. The van der Waals surface area contributed by atoms with E-state index in [4.69, 9.17) is 32.7 Å². The lowest BCUT2D eigenvalue weighted by molar-refractivity contribution is -0.145. The van der Waals surface area contributed by atoms with Crippen LogP contribution in [0.1, 0.15) is 57.8 Å². The van der Waals surface area contributed by atoms with Crippen molar-refractivity contribution in [3.63, 3.8) is 0 Å². The predicted molar refractivity (Wildman–Crippen MR) is 140 cm³/mol. The average molecular weight is 548 g/mol. The number of carbonyl (C=O) groups is 3. The van der Waals surface area contributed by atoms with Crippen LogP contribution in [0.4, 0.5) is 5.69 Å². The first-order valence-corrected chi connectivity index (χ1v) is 12.4. The van der Waals surface area contributed by atoms with Crippen LogP contribution in [0.3, 0.4) is 0 Å². The summed E-state index contributed by atoms with van der Waals surface area (Å²) in [4.78, 5) is 36.3. The normalized spacial score (nSPS) is 10.7. The summed E-state index contributed by atoms with van der Waals surface area (Å²) in [6, 6.07) is 9.74. The Hall–Kier alpha value is -3.56. The Morgan fingerprint density at radius 2 is 1.68 bits per heavy atom. The van der Waals surface area contributed by atoms with E-state index in [2.05, 4.69) is 17.3 Å². The van der Waals surface area contributed by atoms with E-state index in [9.17, 15) is 19.5 Å². The molecule has 2 aromatic carbocycles. The van der Waals surface area contributed by atoms with Crippen molar-refractivity contribution in [2.75, 3.05) is 18.5 Å². The number of rotatable bonds is 11. The van der Waals surface area contributed by atoms with E-state index in [1.165, 1.54) is 12.1 Å². The Morgan fingerprint density at radius 1 is 1.03 bits per heavy atom. The fourth-order valence-corrected chi connectivity index (χ4v) is 4.30. The van der Waals surface area contributed by atoms with Crippen molar-refractivity contribution in [1.29, 1.82) is 0 Å². The van der Waals surface area contributed by atoms with Crippen LogP contribution in [0.2, 0.25) is 10.0 Å². The van der Waals surface area contributed by atoms with Gasteiger partial charge in [-0.1, -0.05) is 48.7 Å². The van der Waals surface area contributed by atoms with Gasteiger partial charge in [-0.15, -0.1) is 0 Å². The largest absolute Gasteiger partial charge is 0.478 e. The van der Waals surface area contributed by atoms with Crippen LogP contribution in [0.5, 0.6) is 5.88 Å². The number of carboxylic acids is 1. The maximum atomic E-state index is 12.8. The van der Waals surface area contributed by atoms with Crippen LogP contribution in [0, 0.1) is 0 Å². The second-order valence-electron chi connectivity index (χ2n) is 8.11. The Morgan fingerprint density at radius 3 is 2.27 bits per heavy atom. The lowest BCUT2D eigenvalue weighted by atomic mass is 10.0. The van der Waals surface area contributed by atoms with Crippen molar-refractivity contribution in [1.82, 2.24) is 9.78 Å².